The first-order valence-electron chi connectivity index (χ1n) is 5.50. The van der Waals surface area contributed by atoms with E-state index in [1.807, 2.05) is 0 Å². The fourth-order valence-electron chi connectivity index (χ4n) is 1.49. The zero-order chi connectivity index (χ0) is 14.9. The van der Waals surface area contributed by atoms with Crippen molar-refractivity contribution in [3.8, 4) is 0 Å². The highest BCUT2D eigenvalue weighted by Gasteiger charge is 2.17. The molecule has 0 radical (unpaired) electrons. The predicted molar refractivity (Wildman–Crippen MR) is 80.7 cm³/mol. The number of nitrogen functional groups attached to an aromatic ring is 1. The van der Waals surface area contributed by atoms with Gasteiger partial charge in [-0.25, -0.2) is 13.4 Å². The number of hydrogen-bond acceptors (Lipinski definition) is 4. The Morgan fingerprint density at radius 1 is 1.25 bits per heavy atom. The van der Waals surface area contributed by atoms with Gasteiger partial charge in [-0.1, -0.05) is 29.3 Å². The molecule has 8 heteroatoms. The minimum Gasteiger partial charge on any atom is -0.398 e. The van der Waals surface area contributed by atoms with Crippen LogP contribution in [0, 0.1) is 6.92 Å². The van der Waals surface area contributed by atoms with Gasteiger partial charge in [0.2, 0.25) is 0 Å². The molecule has 20 heavy (non-hydrogen) atoms. The van der Waals surface area contributed by atoms with Crippen molar-refractivity contribution >= 4 is 44.7 Å². The van der Waals surface area contributed by atoms with E-state index in [4.69, 9.17) is 28.9 Å². The van der Waals surface area contributed by atoms with Crippen LogP contribution in [0.5, 0.6) is 0 Å². The summed E-state index contributed by atoms with van der Waals surface area (Å²) in [6.45, 7) is 1.71. The van der Waals surface area contributed by atoms with Gasteiger partial charge in [0.15, 0.2) is 0 Å². The SMILES string of the molecule is Cc1c(N)cc(S(=O)(=O)Nc2cccc(Cl)n2)cc1Cl. The minimum atomic E-state index is -3.83. The van der Waals surface area contributed by atoms with E-state index < -0.39 is 10.0 Å². The van der Waals surface area contributed by atoms with Crippen molar-refractivity contribution in [2.45, 2.75) is 11.8 Å². The maximum atomic E-state index is 12.2. The molecule has 0 saturated carbocycles. The number of anilines is 2. The molecule has 0 bridgehead atoms. The number of nitrogens with one attached hydrogen (secondary N) is 1. The smallest absolute Gasteiger partial charge is 0.263 e. The van der Waals surface area contributed by atoms with Crippen LogP contribution in [0.15, 0.2) is 35.2 Å². The van der Waals surface area contributed by atoms with Crippen molar-refractivity contribution < 1.29 is 8.42 Å². The molecule has 2 rings (SSSR count). The van der Waals surface area contributed by atoms with Crippen molar-refractivity contribution in [1.29, 1.82) is 0 Å². The van der Waals surface area contributed by atoms with E-state index in [0.29, 0.717) is 11.3 Å². The molecule has 1 aromatic carbocycles. The first-order valence-corrected chi connectivity index (χ1v) is 7.74. The van der Waals surface area contributed by atoms with Gasteiger partial charge < -0.3 is 5.73 Å². The second kappa shape index (κ2) is 5.47. The van der Waals surface area contributed by atoms with E-state index in [-0.39, 0.29) is 20.9 Å². The van der Waals surface area contributed by atoms with Crippen LogP contribution in [0.3, 0.4) is 0 Å². The quantitative estimate of drug-likeness (QED) is 0.668. The van der Waals surface area contributed by atoms with Gasteiger partial charge in [-0.3, -0.25) is 4.72 Å². The van der Waals surface area contributed by atoms with E-state index in [1.54, 1.807) is 19.1 Å². The summed E-state index contributed by atoms with van der Waals surface area (Å²) in [5.74, 6) is 0.118. The molecule has 1 heterocycles. The molecule has 0 aliphatic heterocycles. The van der Waals surface area contributed by atoms with Gasteiger partial charge in [-0.15, -0.1) is 0 Å². The second-order valence-electron chi connectivity index (χ2n) is 4.07. The lowest BCUT2D eigenvalue weighted by Gasteiger charge is -2.10. The molecule has 1 aromatic heterocycles. The van der Waals surface area contributed by atoms with E-state index in [0.717, 1.165) is 0 Å². The summed E-state index contributed by atoms with van der Waals surface area (Å²) < 4.78 is 26.8. The van der Waals surface area contributed by atoms with Crippen LogP contribution in [0.2, 0.25) is 10.2 Å². The number of benzene rings is 1. The summed E-state index contributed by atoms with van der Waals surface area (Å²) in [5.41, 5.74) is 6.66. The van der Waals surface area contributed by atoms with Crippen molar-refractivity contribution in [2.24, 2.45) is 0 Å². The third kappa shape index (κ3) is 3.15. The molecule has 0 unspecified atom stereocenters. The molecule has 0 spiro atoms. The zero-order valence-electron chi connectivity index (χ0n) is 10.4. The average molecular weight is 332 g/mol. The number of aromatic nitrogens is 1. The number of nitrogens with two attached hydrogens (primary N) is 1. The number of nitrogens with zero attached hydrogens (tertiary/aromatic N) is 1. The van der Waals surface area contributed by atoms with E-state index in [1.165, 1.54) is 18.2 Å². The summed E-state index contributed by atoms with van der Waals surface area (Å²) >= 11 is 11.6. The molecule has 0 aliphatic carbocycles. The molecule has 5 nitrogen and oxygen atoms in total. The van der Waals surface area contributed by atoms with Gasteiger partial charge >= 0.3 is 0 Å². The van der Waals surface area contributed by atoms with E-state index >= 15 is 0 Å². The Balaban J connectivity index is 2.41. The normalized spacial score (nSPS) is 11.3. The lowest BCUT2D eigenvalue weighted by Crippen LogP contribution is -2.14. The van der Waals surface area contributed by atoms with E-state index in [2.05, 4.69) is 9.71 Å². The van der Waals surface area contributed by atoms with Crippen molar-refractivity contribution in [3.05, 3.63) is 46.1 Å². The van der Waals surface area contributed by atoms with Crippen LogP contribution in [-0.2, 0) is 10.0 Å². The number of hydrogen-bond donors (Lipinski definition) is 2. The lowest BCUT2D eigenvalue weighted by atomic mass is 10.2. The van der Waals surface area contributed by atoms with Crippen LogP contribution < -0.4 is 10.5 Å². The number of halogens is 2. The highest BCUT2D eigenvalue weighted by molar-refractivity contribution is 7.92. The Morgan fingerprint density at radius 3 is 2.55 bits per heavy atom. The third-order valence-electron chi connectivity index (χ3n) is 2.62. The maximum Gasteiger partial charge on any atom is 0.263 e. The van der Waals surface area contributed by atoms with E-state index in [9.17, 15) is 8.42 Å². The average Bonchev–Trinajstić information content (AvgIpc) is 2.34. The molecular weight excluding hydrogens is 321 g/mol. The monoisotopic (exact) mass is 331 g/mol. The highest BCUT2D eigenvalue weighted by Crippen LogP contribution is 2.27. The number of pyridine rings is 1. The van der Waals surface area contributed by atoms with Gasteiger partial charge in [0.1, 0.15) is 11.0 Å². The molecule has 0 saturated heterocycles. The molecule has 3 N–H and O–H groups in total. The van der Waals surface area contributed by atoms with Gasteiger partial charge in [-0.05, 0) is 36.8 Å². The Morgan fingerprint density at radius 2 is 1.95 bits per heavy atom. The van der Waals surface area contributed by atoms with Crippen LogP contribution in [0.4, 0.5) is 11.5 Å². The Bertz CT molecular complexity index is 740. The molecule has 106 valence electrons. The Hall–Kier alpha value is -1.50. The second-order valence-corrected chi connectivity index (χ2v) is 6.55. The fourth-order valence-corrected chi connectivity index (χ4v) is 3.01. The first-order chi connectivity index (χ1) is 9.29. The maximum absolute atomic E-state index is 12.2. The molecule has 0 amide bonds. The van der Waals surface area contributed by atoms with Gasteiger partial charge in [0.05, 0.1) is 4.90 Å². The molecular formula is C12H11Cl2N3O2S. The largest absolute Gasteiger partial charge is 0.398 e. The highest BCUT2D eigenvalue weighted by atomic mass is 35.5. The van der Waals surface area contributed by atoms with Crippen molar-refractivity contribution in [3.63, 3.8) is 0 Å². The minimum absolute atomic E-state index is 0.0348. The van der Waals surface area contributed by atoms with Gasteiger partial charge in [0, 0.05) is 10.7 Å². The standard InChI is InChI=1S/C12H11Cl2N3O2S/c1-7-9(13)5-8(6-10(7)15)20(18,19)17-12-4-2-3-11(14)16-12/h2-6H,15H2,1H3,(H,16,17). The lowest BCUT2D eigenvalue weighted by molar-refractivity contribution is 0.601. The fraction of sp³-hybridized carbons (Fsp3) is 0.0833. The summed E-state index contributed by atoms with van der Waals surface area (Å²) in [5, 5.41) is 0.469. The predicted octanol–water partition coefficient (Wildman–Crippen LogP) is 3.08. The molecule has 0 aliphatic rings. The zero-order valence-corrected chi connectivity index (χ0v) is 12.7. The Kier molecular flexibility index (Phi) is 4.08. The number of sulfonamides is 1. The molecule has 0 fully saturated rings. The first kappa shape index (κ1) is 14.9. The van der Waals surface area contributed by atoms with Crippen LogP contribution >= 0.6 is 23.2 Å². The topological polar surface area (TPSA) is 85.1 Å². The van der Waals surface area contributed by atoms with Gasteiger partial charge in [0.25, 0.3) is 10.0 Å². The summed E-state index contributed by atoms with van der Waals surface area (Å²) in [6, 6.07) is 7.29. The van der Waals surface area contributed by atoms with Gasteiger partial charge in [-0.2, -0.15) is 0 Å². The van der Waals surface area contributed by atoms with Crippen molar-refractivity contribution in [1.82, 2.24) is 4.98 Å². The van der Waals surface area contributed by atoms with Crippen LogP contribution in [0.1, 0.15) is 5.56 Å². The molecule has 0 atom stereocenters. The van der Waals surface area contributed by atoms with Crippen LogP contribution in [-0.4, -0.2) is 13.4 Å². The molecule has 2 aromatic rings. The Labute approximate surface area is 126 Å². The number of rotatable bonds is 3. The van der Waals surface area contributed by atoms with Crippen LogP contribution in [0.25, 0.3) is 0 Å². The summed E-state index contributed by atoms with van der Waals surface area (Å²) in [7, 11) is -3.83. The summed E-state index contributed by atoms with van der Waals surface area (Å²) in [4.78, 5) is 3.82. The summed E-state index contributed by atoms with van der Waals surface area (Å²) in [6.07, 6.45) is 0. The van der Waals surface area contributed by atoms with Crippen molar-refractivity contribution in [2.75, 3.05) is 10.5 Å². The third-order valence-corrected chi connectivity index (χ3v) is 4.56.